The molecule has 0 saturated carbocycles. The van der Waals surface area contributed by atoms with Gasteiger partial charge in [-0.2, -0.15) is 5.10 Å². The summed E-state index contributed by atoms with van der Waals surface area (Å²) in [7, 11) is 0. The van der Waals surface area contributed by atoms with Gasteiger partial charge >= 0.3 is 0 Å². The second-order valence-corrected chi connectivity index (χ2v) is 6.15. The molecule has 6 heteroatoms. The van der Waals surface area contributed by atoms with E-state index in [1.165, 1.54) is 0 Å². The maximum absolute atomic E-state index is 12.4. The first-order valence-corrected chi connectivity index (χ1v) is 8.56. The van der Waals surface area contributed by atoms with Crippen molar-refractivity contribution in [1.82, 2.24) is 19.7 Å². The Bertz CT molecular complexity index is 615. The monoisotopic (exact) mass is 328 g/mol. The number of ether oxygens (including phenoxy) is 1. The second kappa shape index (κ2) is 8.59. The highest BCUT2D eigenvalue weighted by Crippen LogP contribution is 2.21. The lowest BCUT2D eigenvalue weighted by Gasteiger charge is -2.32. The molecule has 0 bridgehead atoms. The molecule has 24 heavy (non-hydrogen) atoms. The zero-order valence-corrected chi connectivity index (χ0v) is 13.9. The molecule has 1 aromatic heterocycles. The third-order valence-electron chi connectivity index (χ3n) is 4.35. The van der Waals surface area contributed by atoms with Crippen LogP contribution >= 0.6 is 0 Å². The van der Waals surface area contributed by atoms with Crippen LogP contribution in [-0.2, 0) is 16.1 Å². The molecule has 0 unspecified atom stereocenters. The number of aromatic nitrogens is 3. The summed E-state index contributed by atoms with van der Waals surface area (Å²) in [6, 6.07) is 10.3. The molecule has 1 aromatic carbocycles. The summed E-state index contributed by atoms with van der Waals surface area (Å²) >= 11 is 0. The predicted octanol–water partition coefficient (Wildman–Crippen LogP) is 2.44. The maximum atomic E-state index is 12.4. The maximum Gasteiger partial charge on any atom is 0.222 e. The van der Waals surface area contributed by atoms with Crippen molar-refractivity contribution in [2.45, 2.75) is 38.3 Å². The SMILES string of the molecule is O=C(CCCOCc1ccccc1)N1CCC[C@@H](n2cncn2)C1. The molecule has 1 fully saturated rings. The molecular weight excluding hydrogens is 304 g/mol. The van der Waals surface area contributed by atoms with E-state index in [1.807, 2.05) is 39.9 Å². The number of hydrogen-bond donors (Lipinski definition) is 0. The van der Waals surface area contributed by atoms with Gasteiger partial charge in [0.2, 0.25) is 5.91 Å². The minimum absolute atomic E-state index is 0.211. The van der Waals surface area contributed by atoms with Crippen LogP contribution in [-0.4, -0.2) is 45.3 Å². The van der Waals surface area contributed by atoms with E-state index in [1.54, 1.807) is 12.7 Å². The Morgan fingerprint density at radius 3 is 2.96 bits per heavy atom. The van der Waals surface area contributed by atoms with E-state index in [0.29, 0.717) is 19.6 Å². The van der Waals surface area contributed by atoms with Crippen molar-refractivity contribution in [3.8, 4) is 0 Å². The van der Waals surface area contributed by atoms with Crippen LogP contribution in [0.1, 0.15) is 37.3 Å². The van der Waals surface area contributed by atoms with Gasteiger partial charge in [0, 0.05) is 26.1 Å². The molecule has 1 aliphatic heterocycles. The van der Waals surface area contributed by atoms with Gasteiger partial charge < -0.3 is 9.64 Å². The van der Waals surface area contributed by atoms with Gasteiger partial charge in [0.15, 0.2) is 0 Å². The topological polar surface area (TPSA) is 60.2 Å². The summed E-state index contributed by atoms with van der Waals surface area (Å²) in [5, 5.41) is 4.20. The molecule has 0 N–H and O–H groups in total. The van der Waals surface area contributed by atoms with Crippen LogP contribution in [0.15, 0.2) is 43.0 Å². The Morgan fingerprint density at radius 2 is 2.17 bits per heavy atom. The highest BCUT2D eigenvalue weighted by molar-refractivity contribution is 5.76. The number of benzene rings is 1. The minimum Gasteiger partial charge on any atom is -0.377 e. The fourth-order valence-corrected chi connectivity index (χ4v) is 3.05. The molecule has 3 rings (SSSR count). The molecule has 0 radical (unpaired) electrons. The third-order valence-corrected chi connectivity index (χ3v) is 4.35. The predicted molar refractivity (Wildman–Crippen MR) is 90.2 cm³/mol. The van der Waals surface area contributed by atoms with Crippen molar-refractivity contribution in [1.29, 1.82) is 0 Å². The highest BCUT2D eigenvalue weighted by Gasteiger charge is 2.24. The lowest BCUT2D eigenvalue weighted by atomic mass is 10.1. The third kappa shape index (κ3) is 4.64. The van der Waals surface area contributed by atoms with Crippen LogP contribution < -0.4 is 0 Å². The van der Waals surface area contributed by atoms with Gasteiger partial charge in [0.1, 0.15) is 12.7 Å². The number of nitrogens with zero attached hydrogens (tertiary/aromatic N) is 4. The van der Waals surface area contributed by atoms with Crippen LogP contribution in [0.4, 0.5) is 0 Å². The van der Waals surface area contributed by atoms with Gasteiger partial charge in [-0.1, -0.05) is 30.3 Å². The summed E-state index contributed by atoms with van der Waals surface area (Å²) in [6.45, 7) is 2.79. The number of carbonyl (C=O) groups excluding carboxylic acids is 1. The Labute approximate surface area is 142 Å². The van der Waals surface area contributed by atoms with Crippen molar-refractivity contribution in [3.63, 3.8) is 0 Å². The number of hydrogen-bond acceptors (Lipinski definition) is 4. The first kappa shape index (κ1) is 16.6. The van der Waals surface area contributed by atoms with Crippen LogP contribution in [0.5, 0.6) is 0 Å². The fraction of sp³-hybridized carbons (Fsp3) is 0.500. The van der Waals surface area contributed by atoms with Crippen LogP contribution in [0.25, 0.3) is 0 Å². The van der Waals surface area contributed by atoms with Crippen LogP contribution in [0.2, 0.25) is 0 Å². The number of piperidine rings is 1. The second-order valence-electron chi connectivity index (χ2n) is 6.15. The molecule has 0 aliphatic carbocycles. The van der Waals surface area contributed by atoms with Crippen molar-refractivity contribution in [2.24, 2.45) is 0 Å². The Balaban J connectivity index is 1.36. The Morgan fingerprint density at radius 1 is 1.29 bits per heavy atom. The van der Waals surface area contributed by atoms with E-state index < -0.39 is 0 Å². The molecule has 1 saturated heterocycles. The van der Waals surface area contributed by atoms with Crippen molar-refractivity contribution >= 4 is 5.91 Å². The fourth-order valence-electron chi connectivity index (χ4n) is 3.05. The minimum atomic E-state index is 0.211. The van der Waals surface area contributed by atoms with E-state index >= 15 is 0 Å². The molecule has 1 atom stereocenters. The quantitative estimate of drug-likeness (QED) is 0.733. The summed E-state index contributed by atoms with van der Waals surface area (Å²) in [6.07, 6.45) is 6.64. The van der Waals surface area contributed by atoms with Gasteiger partial charge in [0.05, 0.1) is 12.6 Å². The van der Waals surface area contributed by atoms with Crippen molar-refractivity contribution in [3.05, 3.63) is 48.5 Å². The van der Waals surface area contributed by atoms with E-state index in [2.05, 4.69) is 10.1 Å². The first-order valence-electron chi connectivity index (χ1n) is 8.56. The first-order chi connectivity index (χ1) is 11.8. The van der Waals surface area contributed by atoms with Crippen LogP contribution in [0.3, 0.4) is 0 Å². The molecule has 1 amide bonds. The molecular formula is C18H24N4O2. The molecule has 0 spiro atoms. The van der Waals surface area contributed by atoms with E-state index in [4.69, 9.17) is 4.74 Å². The van der Waals surface area contributed by atoms with Crippen LogP contribution in [0, 0.1) is 0 Å². The standard InChI is InChI=1S/C18H24N4O2/c23-18(9-5-11-24-13-16-6-2-1-3-7-16)21-10-4-8-17(12-21)22-15-19-14-20-22/h1-3,6-7,14-15,17H,4-5,8-13H2/t17-/m1/s1. The van der Waals surface area contributed by atoms with Gasteiger partial charge in [-0.3, -0.25) is 4.79 Å². The summed E-state index contributed by atoms with van der Waals surface area (Å²) < 4.78 is 7.51. The Kier molecular flexibility index (Phi) is 5.96. The number of carbonyl (C=O) groups is 1. The zero-order valence-electron chi connectivity index (χ0n) is 13.9. The van der Waals surface area contributed by atoms with Crippen molar-refractivity contribution < 1.29 is 9.53 Å². The summed E-state index contributed by atoms with van der Waals surface area (Å²) in [4.78, 5) is 18.3. The summed E-state index contributed by atoms with van der Waals surface area (Å²) in [5.41, 5.74) is 1.16. The molecule has 2 heterocycles. The summed E-state index contributed by atoms with van der Waals surface area (Å²) in [5.74, 6) is 0.211. The van der Waals surface area contributed by atoms with Crippen molar-refractivity contribution in [2.75, 3.05) is 19.7 Å². The smallest absolute Gasteiger partial charge is 0.222 e. The average molecular weight is 328 g/mol. The molecule has 128 valence electrons. The zero-order chi connectivity index (χ0) is 16.6. The molecule has 6 nitrogen and oxygen atoms in total. The molecule has 2 aromatic rings. The number of amides is 1. The van der Waals surface area contributed by atoms with Gasteiger partial charge in [-0.25, -0.2) is 9.67 Å². The van der Waals surface area contributed by atoms with Gasteiger partial charge in [-0.15, -0.1) is 0 Å². The van der Waals surface area contributed by atoms with Gasteiger partial charge in [-0.05, 0) is 24.8 Å². The molecule has 1 aliphatic rings. The lowest BCUT2D eigenvalue weighted by molar-refractivity contribution is -0.133. The number of rotatable bonds is 7. The van der Waals surface area contributed by atoms with E-state index in [9.17, 15) is 4.79 Å². The number of likely N-dealkylation sites (tertiary alicyclic amines) is 1. The normalized spacial score (nSPS) is 17.8. The lowest BCUT2D eigenvalue weighted by Crippen LogP contribution is -2.40. The van der Waals surface area contributed by atoms with Gasteiger partial charge in [0.25, 0.3) is 0 Å². The van der Waals surface area contributed by atoms with E-state index in [0.717, 1.165) is 37.9 Å². The average Bonchev–Trinajstić information content (AvgIpc) is 3.17. The van der Waals surface area contributed by atoms with E-state index in [-0.39, 0.29) is 11.9 Å². The largest absolute Gasteiger partial charge is 0.377 e. The highest BCUT2D eigenvalue weighted by atomic mass is 16.5. The Hall–Kier alpha value is -2.21.